The summed E-state index contributed by atoms with van der Waals surface area (Å²) >= 11 is 0. The third-order valence-corrected chi connectivity index (χ3v) is 9.24. The first-order valence-corrected chi connectivity index (χ1v) is 20.2. The largest absolute Gasteiger partial charge is 0.465 e. The lowest BCUT2D eigenvalue weighted by Gasteiger charge is -2.17. The molecule has 0 heterocycles. The van der Waals surface area contributed by atoms with Crippen molar-refractivity contribution in [3.05, 3.63) is 24.3 Å². The maximum atomic E-state index is 12.5. The van der Waals surface area contributed by atoms with Crippen molar-refractivity contribution in [2.45, 2.75) is 226 Å². The molecule has 0 aromatic carbocycles. The van der Waals surface area contributed by atoms with Crippen molar-refractivity contribution in [1.29, 1.82) is 0 Å². The fraction of sp³-hybridized carbons (Fsp3) is 0.881. The van der Waals surface area contributed by atoms with Crippen LogP contribution in [0.25, 0.3) is 0 Å². The lowest BCUT2D eigenvalue weighted by Crippen LogP contribution is -2.14. The summed E-state index contributed by atoms with van der Waals surface area (Å²) < 4.78 is 5.83. The Labute approximate surface area is 278 Å². The van der Waals surface area contributed by atoms with Crippen molar-refractivity contribution in [3.63, 3.8) is 0 Å². The van der Waals surface area contributed by atoms with E-state index in [2.05, 4.69) is 45.1 Å². The zero-order valence-electron chi connectivity index (χ0n) is 30.5. The summed E-state index contributed by atoms with van der Waals surface area (Å²) in [6.45, 7) is 7.50. The molecule has 0 spiro atoms. The van der Waals surface area contributed by atoms with E-state index in [4.69, 9.17) is 4.74 Å². The van der Waals surface area contributed by atoms with Gasteiger partial charge in [0.2, 0.25) is 0 Å². The van der Waals surface area contributed by atoms with Crippen LogP contribution in [0.2, 0.25) is 0 Å². The second kappa shape index (κ2) is 38.1. The van der Waals surface area contributed by atoms with Gasteiger partial charge in [-0.1, -0.05) is 193 Å². The van der Waals surface area contributed by atoms with E-state index < -0.39 is 0 Å². The average molecular weight is 617 g/mol. The first-order chi connectivity index (χ1) is 21.7. The molecule has 0 rings (SSSR count). The molecule has 0 saturated carbocycles. The molecule has 0 aromatic rings. The fourth-order valence-corrected chi connectivity index (χ4v) is 6.16. The van der Waals surface area contributed by atoms with Crippen LogP contribution < -0.4 is 0 Å². The van der Waals surface area contributed by atoms with E-state index in [9.17, 15) is 4.79 Å². The van der Waals surface area contributed by atoms with E-state index in [0.29, 0.717) is 18.9 Å². The summed E-state index contributed by atoms with van der Waals surface area (Å²) in [5.41, 5.74) is 0. The van der Waals surface area contributed by atoms with Crippen molar-refractivity contribution < 1.29 is 9.53 Å². The molecule has 0 radical (unpaired) electrons. The van der Waals surface area contributed by atoms with Crippen molar-refractivity contribution in [1.82, 2.24) is 0 Å². The van der Waals surface area contributed by atoms with E-state index in [-0.39, 0.29) is 5.97 Å². The van der Waals surface area contributed by atoms with E-state index in [0.717, 1.165) is 19.3 Å². The van der Waals surface area contributed by atoms with Gasteiger partial charge in [0.15, 0.2) is 0 Å². The van der Waals surface area contributed by atoms with Gasteiger partial charge in [-0.3, -0.25) is 4.79 Å². The monoisotopic (exact) mass is 617 g/mol. The number of rotatable bonds is 36. The molecule has 0 aromatic heterocycles. The van der Waals surface area contributed by atoms with Crippen LogP contribution >= 0.6 is 0 Å². The second-order valence-corrected chi connectivity index (χ2v) is 13.8. The maximum absolute atomic E-state index is 12.5. The maximum Gasteiger partial charge on any atom is 0.305 e. The van der Waals surface area contributed by atoms with Crippen molar-refractivity contribution in [2.75, 3.05) is 6.61 Å². The highest BCUT2D eigenvalue weighted by Crippen LogP contribution is 2.21. The molecule has 0 aliphatic carbocycles. The number of unbranched alkanes of at least 4 members (excludes halogenated alkanes) is 24. The predicted octanol–water partition coefficient (Wildman–Crippen LogP) is 14.8. The first-order valence-electron chi connectivity index (χ1n) is 20.2. The number of hydrogen-bond acceptors (Lipinski definition) is 2. The minimum atomic E-state index is 0.0414. The first kappa shape index (κ1) is 43.0. The lowest BCUT2D eigenvalue weighted by molar-refractivity contribution is -0.145. The highest BCUT2D eigenvalue weighted by Gasteiger charge is 2.12. The number of esters is 1. The van der Waals surface area contributed by atoms with E-state index in [1.165, 1.54) is 180 Å². The van der Waals surface area contributed by atoms with Crippen LogP contribution in [0.15, 0.2) is 24.3 Å². The molecule has 0 aliphatic heterocycles. The molecule has 0 aliphatic rings. The van der Waals surface area contributed by atoms with Gasteiger partial charge in [0.25, 0.3) is 0 Å². The summed E-state index contributed by atoms with van der Waals surface area (Å²) in [5, 5.41) is 0. The predicted molar refractivity (Wildman–Crippen MR) is 197 cm³/mol. The Bertz CT molecular complexity index is 607. The topological polar surface area (TPSA) is 26.3 Å². The third kappa shape index (κ3) is 35.4. The Morgan fingerprint density at radius 2 is 0.818 bits per heavy atom. The van der Waals surface area contributed by atoms with Crippen LogP contribution in [0.4, 0.5) is 0 Å². The Morgan fingerprint density at radius 1 is 0.455 bits per heavy atom. The molecule has 1 unspecified atom stereocenters. The Hall–Kier alpha value is -1.05. The summed E-state index contributed by atoms with van der Waals surface area (Å²) in [7, 11) is 0. The molecular formula is C42H80O2. The quantitative estimate of drug-likeness (QED) is 0.0397. The van der Waals surface area contributed by atoms with Gasteiger partial charge in [0.05, 0.1) is 6.61 Å². The molecule has 0 fully saturated rings. The van der Waals surface area contributed by atoms with Gasteiger partial charge in [-0.05, 0) is 57.3 Å². The van der Waals surface area contributed by atoms with Gasteiger partial charge in [-0.15, -0.1) is 0 Å². The highest BCUT2D eigenvalue weighted by molar-refractivity contribution is 5.69. The third-order valence-electron chi connectivity index (χ3n) is 9.24. The number of carbonyl (C=O) groups is 1. The van der Waals surface area contributed by atoms with E-state index >= 15 is 0 Å². The second-order valence-electron chi connectivity index (χ2n) is 13.8. The van der Waals surface area contributed by atoms with Crippen LogP contribution in [0, 0.1) is 5.92 Å². The summed E-state index contributed by atoms with van der Waals surface area (Å²) in [4.78, 5) is 12.5. The minimum Gasteiger partial charge on any atom is -0.465 e. The number of hydrogen-bond donors (Lipinski definition) is 0. The van der Waals surface area contributed by atoms with Gasteiger partial charge in [0, 0.05) is 6.42 Å². The summed E-state index contributed by atoms with van der Waals surface area (Å²) in [6.07, 6.45) is 50.6. The smallest absolute Gasteiger partial charge is 0.305 e. The molecule has 260 valence electrons. The molecular weight excluding hydrogens is 536 g/mol. The zero-order valence-corrected chi connectivity index (χ0v) is 30.5. The molecule has 0 N–H and O–H groups in total. The highest BCUT2D eigenvalue weighted by atomic mass is 16.5. The number of allylic oxidation sites excluding steroid dienone is 4. The van der Waals surface area contributed by atoms with Gasteiger partial charge in [-0.2, -0.15) is 0 Å². The standard InChI is InChI=1S/C42H80O2/c1-4-7-10-13-16-19-21-22-23-24-25-27-30-33-36-39-42(43)44-40-41(37-34-31-28-18-15-12-9-6-3)38-35-32-29-26-20-17-14-11-8-5-2/h16,19,22-23,41H,4-15,17-18,20-21,24-40H2,1-3H3. The SMILES string of the molecule is CCCCCC=CCC=CCCCCCCCC(=O)OCC(CCCCCCCCCC)CCCCCCCCCCCC. The van der Waals surface area contributed by atoms with Crippen LogP contribution in [0.1, 0.15) is 226 Å². The Balaban J connectivity index is 3.99. The average Bonchev–Trinajstić information content (AvgIpc) is 3.03. The molecule has 0 amide bonds. The van der Waals surface area contributed by atoms with Crippen molar-refractivity contribution >= 4 is 5.97 Å². The molecule has 0 saturated heterocycles. The Kier molecular flexibility index (Phi) is 37.2. The van der Waals surface area contributed by atoms with Crippen LogP contribution in [0.3, 0.4) is 0 Å². The lowest BCUT2D eigenvalue weighted by atomic mass is 9.94. The van der Waals surface area contributed by atoms with Gasteiger partial charge >= 0.3 is 5.97 Å². The van der Waals surface area contributed by atoms with E-state index in [1.54, 1.807) is 0 Å². The molecule has 1 atom stereocenters. The molecule has 2 heteroatoms. The number of ether oxygens (including phenoxy) is 1. The van der Waals surface area contributed by atoms with Crippen LogP contribution in [-0.2, 0) is 9.53 Å². The Morgan fingerprint density at radius 3 is 1.30 bits per heavy atom. The van der Waals surface area contributed by atoms with Crippen molar-refractivity contribution in [3.8, 4) is 0 Å². The van der Waals surface area contributed by atoms with Gasteiger partial charge in [0.1, 0.15) is 0 Å². The van der Waals surface area contributed by atoms with Crippen molar-refractivity contribution in [2.24, 2.45) is 5.92 Å². The fourth-order valence-electron chi connectivity index (χ4n) is 6.16. The molecule has 44 heavy (non-hydrogen) atoms. The summed E-state index contributed by atoms with van der Waals surface area (Å²) in [5.74, 6) is 0.609. The number of carbonyl (C=O) groups excluding carboxylic acids is 1. The summed E-state index contributed by atoms with van der Waals surface area (Å²) in [6, 6.07) is 0. The van der Waals surface area contributed by atoms with Crippen LogP contribution in [0.5, 0.6) is 0 Å². The van der Waals surface area contributed by atoms with Gasteiger partial charge in [-0.25, -0.2) is 0 Å². The normalized spacial score (nSPS) is 12.5. The minimum absolute atomic E-state index is 0.0414. The molecule has 0 bridgehead atoms. The molecule has 2 nitrogen and oxygen atoms in total. The van der Waals surface area contributed by atoms with Gasteiger partial charge < -0.3 is 4.74 Å². The van der Waals surface area contributed by atoms with E-state index in [1.807, 2.05) is 0 Å². The van der Waals surface area contributed by atoms with Crippen LogP contribution in [-0.4, -0.2) is 12.6 Å². The zero-order chi connectivity index (χ0) is 32.0.